The van der Waals surface area contributed by atoms with Crippen molar-refractivity contribution in [2.24, 2.45) is 5.92 Å². The topological polar surface area (TPSA) is 3.24 Å². The van der Waals surface area contributed by atoms with Crippen LogP contribution in [0.3, 0.4) is 0 Å². The zero-order valence-electron chi connectivity index (χ0n) is 11.5. The summed E-state index contributed by atoms with van der Waals surface area (Å²) in [7, 11) is 8.69. The van der Waals surface area contributed by atoms with E-state index in [4.69, 9.17) is 7.85 Å². The van der Waals surface area contributed by atoms with Gasteiger partial charge in [0.05, 0.1) is 7.85 Å². The summed E-state index contributed by atoms with van der Waals surface area (Å²) in [6.07, 6.45) is 2.51. The van der Waals surface area contributed by atoms with Gasteiger partial charge in [0.1, 0.15) is 0 Å². The van der Waals surface area contributed by atoms with Crippen molar-refractivity contribution in [3.8, 4) is 0 Å². The number of benzene rings is 2. The van der Waals surface area contributed by atoms with Gasteiger partial charge in [-0.3, -0.25) is 0 Å². The van der Waals surface area contributed by atoms with Crippen LogP contribution in [0.25, 0.3) is 10.8 Å². The molecule has 1 fully saturated rings. The molecule has 2 heteroatoms. The van der Waals surface area contributed by atoms with E-state index in [0.29, 0.717) is 5.92 Å². The highest BCUT2D eigenvalue weighted by molar-refractivity contribution is 6.12. The van der Waals surface area contributed by atoms with E-state index in [1.54, 1.807) is 0 Å². The first-order valence-corrected chi connectivity index (χ1v) is 7.17. The lowest BCUT2D eigenvalue weighted by molar-refractivity contribution is 0.205. The van der Waals surface area contributed by atoms with Crippen LogP contribution in [0.2, 0.25) is 0 Å². The quantitative estimate of drug-likeness (QED) is 0.737. The minimum atomic E-state index is 0.160. The largest absolute Gasteiger partial charge is 0.306 e. The normalized spacial score (nSPS) is 22.5. The van der Waals surface area contributed by atoms with Crippen LogP contribution in [0.4, 0.5) is 0 Å². The third kappa shape index (κ3) is 2.69. The van der Waals surface area contributed by atoms with Gasteiger partial charge in [-0.15, -0.1) is 0 Å². The lowest BCUT2D eigenvalue weighted by Gasteiger charge is -2.34. The van der Waals surface area contributed by atoms with Crippen molar-refractivity contribution in [2.75, 3.05) is 20.1 Å². The zero-order valence-corrected chi connectivity index (χ0v) is 11.5. The highest BCUT2D eigenvalue weighted by atomic mass is 15.1. The number of likely N-dealkylation sites (tertiary alicyclic amines) is 1. The van der Waals surface area contributed by atoms with E-state index in [1.807, 2.05) is 0 Å². The summed E-state index contributed by atoms with van der Waals surface area (Å²) in [6.45, 7) is 2.33. The Morgan fingerprint density at radius 1 is 1.16 bits per heavy atom. The Labute approximate surface area is 117 Å². The molecule has 1 nitrogen and oxygen atoms in total. The van der Waals surface area contributed by atoms with Crippen molar-refractivity contribution in [3.63, 3.8) is 0 Å². The third-order valence-electron chi connectivity index (χ3n) is 4.33. The highest BCUT2D eigenvalue weighted by Crippen LogP contribution is 2.30. The maximum atomic E-state index is 6.50. The van der Waals surface area contributed by atoms with Gasteiger partial charge in [-0.2, -0.15) is 0 Å². The predicted octanol–water partition coefficient (Wildman–Crippen LogP) is 3.39. The van der Waals surface area contributed by atoms with Crippen LogP contribution in [0, 0.1) is 5.92 Å². The van der Waals surface area contributed by atoms with Crippen molar-refractivity contribution in [1.29, 1.82) is 0 Å². The van der Waals surface area contributed by atoms with Gasteiger partial charge in [0.15, 0.2) is 0 Å². The van der Waals surface area contributed by atoms with Crippen LogP contribution >= 0.6 is 0 Å². The fourth-order valence-corrected chi connectivity index (χ4v) is 3.19. The van der Waals surface area contributed by atoms with Crippen LogP contribution in [-0.2, 0) is 0 Å². The Hall–Kier alpha value is -1.28. The van der Waals surface area contributed by atoms with Crippen LogP contribution < -0.4 is 0 Å². The molecule has 0 aliphatic carbocycles. The summed E-state index contributed by atoms with van der Waals surface area (Å²) in [5.74, 6) is 0.743. The van der Waals surface area contributed by atoms with Gasteiger partial charge in [0.25, 0.3) is 0 Å². The molecule has 2 aromatic carbocycles. The summed E-state index contributed by atoms with van der Waals surface area (Å²) in [5, 5.41) is 2.58. The number of nitrogens with zero attached hydrogens (tertiary/aromatic N) is 1. The minimum Gasteiger partial charge on any atom is -0.306 e. The molecule has 0 spiro atoms. The summed E-state index contributed by atoms with van der Waals surface area (Å²) in [5.41, 5.74) is 1.28. The van der Waals surface area contributed by atoms with Crippen molar-refractivity contribution in [3.05, 3.63) is 48.0 Å². The molecule has 0 saturated carbocycles. The van der Waals surface area contributed by atoms with E-state index >= 15 is 0 Å². The molecular weight excluding hydrogens is 229 g/mol. The molecule has 1 aliphatic heterocycles. The Balaban J connectivity index is 1.86. The molecule has 1 heterocycles. The molecule has 19 heavy (non-hydrogen) atoms. The van der Waals surface area contributed by atoms with Crippen molar-refractivity contribution < 1.29 is 0 Å². The molecule has 0 aromatic heterocycles. The lowest BCUT2D eigenvalue weighted by Crippen LogP contribution is -2.35. The molecule has 3 rings (SSSR count). The molecule has 2 aromatic rings. The van der Waals surface area contributed by atoms with Crippen LogP contribution in [0.15, 0.2) is 42.5 Å². The first-order chi connectivity index (χ1) is 9.24. The number of hydrogen-bond acceptors (Lipinski definition) is 1. The van der Waals surface area contributed by atoms with Gasteiger partial charge in [0, 0.05) is 6.54 Å². The monoisotopic (exact) mass is 249 g/mol. The van der Waals surface area contributed by atoms with Gasteiger partial charge < -0.3 is 4.90 Å². The first-order valence-electron chi connectivity index (χ1n) is 7.17. The molecule has 2 radical (unpaired) electrons. The van der Waals surface area contributed by atoms with Crippen molar-refractivity contribution >= 4 is 18.6 Å². The zero-order chi connectivity index (χ0) is 13.2. The van der Waals surface area contributed by atoms with Gasteiger partial charge in [-0.05, 0) is 48.9 Å². The van der Waals surface area contributed by atoms with E-state index in [9.17, 15) is 0 Å². The second-order valence-corrected chi connectivity index (χ2v) is 5.80. The fraction of sp³-hybridized carbons (Fsp3) is 0.412. The van der Waals surface area contributed by atoms with Crippen LogP contribution in [0.5, 0.6) is 0 Å². The summed E-state index contributed by atoms with van der Waals surface area (Å²) in [6, 6.07) is 15.1. The van der Waals surface area contributed by atoms with Gasteiger partial charge in [-0.1, -0.05) is 48.0 Å². The molecular formula is C17H20BN. The standard InChI is InChI=1S/C17H20BN/c1-19-10-4-7-16(12-19)17(18)15-9-8-13-5-2-3-6-14(13)11-15/h2-3,5-6,8-9,11,16-17H,4,7,10,12H2,1H3/t16-,17+/m1/s1. The van der Waals surface area contributed by atoms with Crippen molar-refractivity contribution in [2.45, 2.75) is 18.7 Å². The van der Waals surface area contributed by atoms with E-state index in [2.05, 4.69) is 54.4 Å². The van der Waals surface area contributed by atoms with E-state index < -0.39 is 0 Å². The molecule has 1 aliphatic rings. The summed E-state index contributed by atoms with van der Waals surface area (Å²) in [4.78, 5) is 2.40. The SMILES string of the molecule is [B][C@@H](c1ccc2ccccc2c1)[C@@H]1CCCN(C)C1. The second kappa shape index (κ2) is 5.38. The summed E-state index contributed by atoms with van der Waals surface area (Å²) >= 11 is 0. The van der Waals surface area contributed by atoms with Crippen molar-refractivity contribution in [1.82, 2.24) is 4.90 Å². The average molecular weight is 249 g/mol. The lowest BCUT2D eigenvalue weighted by atomic mass is 9.69. The van der Waals surface area contributed by atoms with E-state index in [-0.39, 0.29) is 5.82 Å². The average Bonchev–Trinajstić information content (AvgIpc) is 2.46. The Morgan fingerprint density at radius 2 is 1.95 bits per heavy atom. The maximum Gasteiger partial charge on any atom is 0.0768 e. The summed E-state index contributed by atoms with van der Waals surface area (Å²) < 4.78 is 0. The number of hydrogen-bond donors (Lipinski definition) is 0. The molecule has 0 N–H and O–H groups in total. The molecule has 96 valence electrons. The Bertz CT molecular complexity index is 566. The minimum absolute atomic E-state index is 0.160. The smallest absolute Gasteiger partial charge is 0.0768 e. The number of fused-ring (bicyclic) bond motifs is 1. The Kier molecular flexibility index (Phi) is 3.61. The highest BCUT2D eigenvalue weighted by Gasteiger charge is 2.23. The molecule has 0 bridgehead atoms. The predicted molar refractivity (Wildman–Crippen MR) is 82.7 cm³/mol. The number of piperidine rings is 1. The first kappa shape index (κ1) is 12.7. The molecule has 2 atom stereocenters. The van der Waals surface area contributed by atoms with E-state index in [0.717, 1.165) is 6.54 Å². The molecule has 1 saturated heterocycles. The number of rotatable bonds is 2. The van der Waals surface area contributed by atoms with Crippen LogP contribution in [-0.4, -0.2) is 32.9 Å². The fourth-order valence-electron chi connectivity index (χ4n) is 3.19. The second-order valence-electron chi connectivity index (χ2n) is 5.80. The van der Waals surface area contributed by atoms with Crippen LogP contribution in [0.1, 0.15) is 24.2 Å². The Morgan fingerprint density at radius 3 is 2.74 bits per heavy atom. The van der Waals surface area contributed by atoms with Gasteiger partial charge in [-0.25, -0.2) is 0 Å². The third-order valence-corrected chi connectivity index (χ3v) is 4.33. The van der Waals surface area contributed by atoms with Gasteiger partial charge in [0.2, 0.25) is 0 Å². The maximum absolute atomic E-state index is 6.50. The molecule has 0 unspecified atom stereocenters. The molecule has 0 amide bonds. The van der Waals surface area contributed by atoms with E-state index in [1.165, 1.54) is 35.7 Å². The van der Waals surface area contributed by atoms with Gasteiger partial charge >= 0.3 is 0 Å².